The maximum atomic E-state index is 12.3. The second-order valence-electron chi connectivity index (χ2n) is 4.63. The van der Waals surface area contributed by atoms with Crippen molar-refractivity contribution in [2.75, 3.05) is 11.3 Å². The summed E-state index contributed by atoms with van der Waals surface area (Å²) in [6.45, 7) is 2.28. The molecule has 0 radical (unpaired) electrons. The molecule has 2 aromatic rings. The molecule has 6 nitrogen and oxygen atoms in total. The molecule has 0 saturated heterocycles. The summed E-state index contributed by atoms with van der Waals surface area (Å²) in [6, 6.07) is 6.29. The molecule has 1 aliphatic heterocycles. The number of anilines is 1. The first kappa shape index (κ1) is 14.1. The molecule has 0 saturated carbocycles. The molecule has 8 heteroatoms. The minimum absolute atomic E-state index is 0.0447. The highest BCUT2D eigenvalue weighted by molar-refractivity contribution is 7.92. The maximum absolute atomic E-state index is 12.3. The molecule has 0 amide bonds. The van der Waals surface area contributed by atoms with Crippen molar-refractivity contribution in [3.8, 4) is 5.75 Å². The number of sulfonamides is 1. The second kappa shape index (κ2) is 5.16. The Hall–Kier alpha value is -1.86. The molecule has 1 aromatic carbocycles. The highest BCUT2D eigenvalue weighted by Crippen LogP contribution is 2.28. The monoisotopic (exact) mass is 325 g/mol. The van der Waals surface area contributed by atoms with Crippen LogP contribution in [-0.2, 0) is 16.4 Å². The summed E-state index contributed by atoms with van der Waals surface area (Å²) < 4.78 is 32.4. The van der Waals surface area contributed by atoms with Gasteiger partial charge in [0.1, 0.15) is 10.9 Å². The number of hydrogen-bond donors (Lipinski definition) is 1. The summed E-state index contributed by atoms with van der Waals surface area (Å²) in [6.07, 6.45) is 0.700. The zero-order valence-electron chi connectivity index (χ0n) is 11.1. The number of hydrogen-bond acceptors (Lipinski definition) is 5. The van der Waals surface area contributed by atoms with Gasteiger partial charge < -0.3 is 4.74 Å². The van der Waals surface area contributed by atoms with Crippen LogP contribution in [0.3, 0.4) is 0 Å². The SMILES string of the molecule is Cc1cc(Cl)nc(NS(=O)(=O)c2ccc3c(c2)CCO3)n1. The van der Waals surface area contributed by atoms with Crippen LogP contribution in [0, 0.1) is 6.92 Å². The van der Waals surface area contributed by atoms with Crippen molar-refractivity contribution in [2.24, 2.45) is 0 Å². The highest BCUT2D eigenvalue weighted by atomic mass is 35.5. The average Bonchev–Trinajstić information content (AvgIpc) is 2.83. The van der Waals surface area contributed by atoms with Gasteiger partial charge >= 0.3 is 0 Å². The number of ether oxygens (including phenoxy) is 1. The summed E-state index contributed by atoms with van der Waals surface area (Å²) in [5.74, 6) is 0.681. The molecule has 0 unspecified atom stereocenters. The van der Waals surface area contributed by atoms with E-state index in [0.717, 1.165) is 11.3 Å². The van der Waals surface area contributed by atoms with Gasteiger partial charge in [-0.2, -0.15) is 0 Å². The molecule has 1 aliphatic rings. The van der Waals surface area contributed by atoms with Crippen LogP contribution in [0.5, 0.6) is 5.75 Å². The Bertz CT molecular complexity index is 788. The fourth-order valence-corrected chi connectivity index (χ4v) is 3.32. The van der Waals surface area contributed by atoms with Crippen molar-refractivity contribution in [2.45, 2.75) is 18.2 Å². The van der Waals surface area contributed by atoms with Crippen LogP contribution >= 0.6 is 11.6 Å². The number of rotatable bonds is 3. The lowest BCUT2D eigenvalue weighted by Crippen LogP contribution is -2.15. The summed E-state index contributed by atoms with van der Waals surface area (Å²) in [7, 11) is -3.76. The summed E-state index contributed by atoms with van der Waals surface area (Å²) >= 11 is 5.80. The first-order valence-electron chi connectivity index (χ1n) is 6.24. The molecule has 0 fully saturated rings. The van der Waals surface area contributed by atoms with E-state index in [1.807, 2.05) is 0 Å². The Labute approximate surface area is 127 Å². The van der Waals surface area contributed by atoms with Crippen LogP contribution in [0.4, 0.5) is 5.95 Å². The topological polar surface area (TPSA) is 81.2 Å². The van der Waals surface area contributed by atoms with Crippen molar-refractivity contribution in [3.05, 3.63) is 40.7 Å². The van der Waals surface area contributed by atoms with E-state index >= 15 is 0 Å². The van der Waals surface area contributed by atoms with Gasteiger partial charge in [-0.1, -0.05) is 11.6 Å². The number of halogens is 1. The van der Waals surface area contributed by atoms with Gasteiger partial charge in [-0.05, 0) is 36.8 Å². The van der Waals surface area contributed by atoms with Gasteiger partial charge in [0.15, 0.2) is 0 Å². The number of nitrogens with zero attached hydrogens (tertiary/aromatic N) is 2. The quantitative estimate of drug-likeness (QED) is 0.875. The third-order valence-corrected chi connectivity index (χ3v) is 4.54. The van der Waals surface area contributed by atoms with Gasteiger partial charge in [0.25, 0.3) is 10.0 Å². The Morgan fingerprint density at radius 2 is 2.10 bits per heavy atom. The number of benzene rings is 1. The Balaban J connectivity index is 1.93. The van der Waals surface area contributed by atoms with E-state index in [-0.39, 0.29) is 16.0 Å². The predicted molar refractivity (Wildman–Crippen MR) is 78.2 cm³/mol. The summed E-state index contributed by atoms with van der Waals surface area (Å²) in [4.78, 5) is 8.01. The van der Waals surface area contributed by atoms with E-state index in [1.54, 1.807) is 25.1 Å². The minimum atomic E-state index is -3.76. The van der Waals surface area contributed by atoms with Crippen LogP contribution in [0.25, 0.3) is 0 Å². The van der Waals surface area contributed by atoms with Gasteiger partial charge in [-0.15, -0.1) is 0 Å². The number of nitrogens with one attached hydrogen (secondary N) is 1. The van der Waals surface area contributed by atoms with Crippen LogP contribution < -0.4 is 9.46 Å². The Morgan fingerprint density at radius 3 is 2.86 bits per heavy atom. The maximum Gasteiger partial charge on any atom is 0.264 e. The van der Waals surface area contributed by atoms with Crippen LogP contribution in [0.2, 0.25) is 5.15 Å². The van der Waals surface area contributed by atoms with Gasteiger partial charge in [0, 0.05) is 12.1 Å². The Morgan fingerprint density at radius 1 is 1.29 bits per heavy atom. The number of aromatic nitrogens is 2. The second-order valence-corrected chi connectivity index (χ2v) is 6.70. The van der Waals surface area contributed by atoms with Crippen molar-refractivity contribution in [1.29, 1.82) is 0 Å². The standard InChI is InChI=1S/C13H12ClN3O3S/c1-8-6-12(14)16-13(15-8)17-21(18,19)10-2-3-11-9(7-10)4-5-20-11/h2-3,6-7H,4-5H2,1H3,(H,15,16,17). The normalized spacial score (nSPS) is 13.6. The summed E-state index contributed by atoms with van der Waals surface area (Å²) in [5, 5.41) is 0.183. The first-order valence-corrected chi connectivity index (χ1v) is 8.10. The average molecular weight is 326 g/mol. The molecular formula is C13H12ClN3O3S. The molecule has 3 rings (SSSR count). The van der Waals surface area contributed by atoms with E-state index in [0.29, 0.717) is 18.7 Å². The fourth-order valence-electron chi connectivity index (χ4n) is 2.08. The lowest BCUT2D eigenvalue weighted by molar-refractivity contribution is 0.356. The molecule has 0 spiro atoms. The largest absolute Gasteiger partial charge is 0.493 e. The van der Waals surface area contributed by atoms with Crippen molar-refractivity contribution < 1.29 is 13.2 Å². The van der Waals surface area contributed by atoms with Gasteiger partial charge in [0.2, 0.25) is 5.95 Å². The molecule has 0 bridgehead atoms. The molecular weight excluding hydrogens is 314 g/mol. The van der Waals surface area contributed by atoms with E-state index in [4.69, 9.17) is 16.3 Å². The van der Waals surface area contributed by atoms with Gasteiger partial charge in [-0.3, -0.25) is 0 Å². The molecule has 110 valence electrons. The van der Waals surface area contributed by atoms with E-state index in [2.05, 4.69) is 14.7 Å². The number of aryl methyl sites for hydroxylation is 1. The van der Waals surface area contributed by atoms with Crippen LogP contribution in [-0.4, -0.2) is 25.0 Å². The predicted octanol–water partition coefficient (Wildman–Crippen LogP) is 2.17. The highest BCUT2D eigenvalue weighted by Gasteiger charge is 2.20. The zero-order valence-corrected chi connectivity index (χ0v) is 12.7. The molecule has 1 N–H and O–H groups in total. The minimum Gasteiger partial charge on any atom is -0.493 e. The van der Waals surface area contributed by atoms with E-state index < -0.39 is 10.0 Å². The van der Waals surface area contributed by atoms with Crippen molar-refractivity contribution in [1.82, 2.24) is 9.97 Å². The van der Waals surface area contributed by atoms with Gasteiger partial charge in [0.05, 0.1) is 11.5 Å². The summed E-state index contributed by atoms with van der Waals surface area (Å²) in [5.41, 5.74) is 1.45. The smallest absolute Gasteiger partial charge is 0.264 e. The molecule has 0 aliphatic carbocycles. The van der Waals surface area contributed by atoms with E-state index in [9.17, 15) is 8.42 Å². The Kier molecular flexibility index (Phi) is 3.46. The molecule has 0 atom stereocenters. The molecule has 21 heavy (non-hydrogen) atoms. The fraction of sp³-hybridized carbons (Fsp3) is 0.231. The first-order chi connectivity index (χ1) is 9.94. The van der Waals surface area contributed by atoms with E-state index in [1.165, 1.54) is 6.07 Å². The molecule has 2 heterocycles. The van der Waals surface area contributed by atoms with Gasteiger partial charge in [-0.25, -0.2) is 23.1 Å². The lowest BCUT2D eigenvalue weighted by atomic mass is 10.2. The third kappa shape index (κ3) is 2.93. The third-order valence-electron chi connectivity index (χ3n) is 3.02. The van der Waals surface area contributed by atoms with Crippen molar-refractivity contribution in [3.63, 3.8) is 0 Å². The zero-order chi connectivity index (χ0) is 15.0. The molecule has 1 aromatic heterocycles. The lowest BCUT2D eigenvalue weighted by Gasteiger charge is -2.08. The van der Waals surface area contributed by atoms with Crippen LogP contribution in [0.1, 0.15) is 11.3 Å². The van der Waals surface area contributed by atoms with Crippen LogP contribution in [0.15, 0.2) is 29.2 Å². The van der Waals surface area contributed by atoms with Crippen molar-refractivity contribution >= 4 is 27.6 Å². The number of fused-ring (bicyclic) bond motifs is 1.